The summed E-state index contributed by atoms with van der Waals surface area (Å²) in [4.78, 5) is 8.55. The molecule has 2 N–H and O–H groups in total. The summed E-state index contributed by atoms with van der Waals surface area (Å²) in [5, 5.41) is 12.0. The first kappa shape index (κ1) is 13.5. The highest BCUT2D eigenvalue weighted by Crippen LogP contribution is 2.34. The molecule has 2 rings (SSSR count). The molecule has 0 aliphatic rings. The summed E-state index contributed by atoms with van der Waals surface area (Å²) in [7, 11) is 0. The Morgan fingerprint density at radius 1 is 1.33 bits per heavy atom. The van der Waals surface area contributed by atoms with Crippen molar-refractivity contribution in [2.75, 3.05) is 11.9 Å². The fourth-order valence-corrected chi connectivity index (χ4v) is 2.55. The van der Waals surface area contributed by atoms with Crippen molar-refractivity contribution in [2.24, 2.45) is 0 Å². The maximum atomic E-state index is 6.10. The quantitative estimate of drug-likeness (QED) is 0.906. The van der Waals surface area contributed by atoms with Gasteiger partial charge in [0, 0.05) is 6.54 Å². The number of aromatic amines is 1. The lowest BCUT2D eigenvalue weighted by Gasteiger charge is -2.08. The van der Waals surface area contributed by atoms with Crippen molar-refractivity contribution in [1.29, 1.82) is 0 Å². The van der Waals surface area contributed by atoms with Crippen molar-refractivity contribution in [3.05, 3.63) is 21.9 Å². The van der Waals surface area contributed by atoms with E-state index in [-0.39, 0.29) is 0 Å². The molecule has 0 aliphatic heterocycles. The van der Waals surface area contributed by atoms with Gasteiger partial charge in [-0.25, -0.2) is 9.97 Å². The first-order valence-electron chi connectivity index (χ1n) is 5.27. The molecule has 0 aliphatic carbocycles. The van der Waals surface area contributed by atoms with E-state index in [1.807, 2.05) is 13.8 Å². The fourth-order valence-electron chi connectivity index (χ4n) is 1.27. The molecule has 0 aromatic carbocycles. The average molecular weight is 304 g/mol. The van der Waals surface area contributed by atoms with Gasteiger partial charge in [0.15, 0.2) is 0 Å². The third-order valence-electron chi connectivity index (χ3n) is 2.01. The van der Waals surface area contributed by atoms with Crippen LogP contribution >= 0.6 is 35.0 Å². The van der Waals surface area contributed by atoms with E-state index >= 15 is 0 Å². The molecule has 5 nitrogen and oxygen atoms in total. The summed E-state index contributed by atoms with van der Waals surface area (Å²) in [5.74, 6) is 1.35. The van der Waals surface area contributed by atoms with Crippen LogP contribution in [0.15, 0.2) is 16.2 Å². The van der Waals surface area contributed by atoms with Crippen molar-refractivity contribution in [3.8, 4) is 0 Å². The molecule has 2 heterocycles. The Morgan fingerprint density at radius 2 is 2.11 bits per heavy atom. The van der Waals surface area contributed by atoms with Gasteiger partial charge in [0.2, 0.25) is 5.16 Å². The van der Waals surface area contributed by atoms with Gasteiger partial charge >= 0.3 is 0 Å². The predicted molar refractivity (Wildman–Crippen MR) is 73.7 cm³/mol. The van der Waals surface area contributed by atoms with Crippen LogP contribution in [0, 0.1) is 6.92 Å². The molecule has 0 radical (unpaired) electrons. The van der Waals surface area contributed by atoms with Gasteiger partial charge in [0.05, 0.1) is 10.0 Å². The second kappa shape index (κ2) is 5.77. The molecule has 0 amide bonds. The molecule has 0 saturated carbocycles. The molecule has 0 atom stereocenters. The van der Waals surface area contributed by atoms with E-state index in [0.29, 0.717) is 26.0 Å². The summed E-state index contributed by atoms with van der Waals surface area (Å²) in [5.41, 5.74) is 0. The first-order chi connectivity index (χ1) is 8.60. The second-order valence-corrected chi connectivity index (χ2v) is 5.21. The van der Waals surface area contributed by atoms with Gasteiger partial charge in [0.1, 0.15) is 16.7 Å². The Balaban J connectivity index is 2.29. The number of pyridine rings is 1. The standard InChI is InChI=1S/C10H11Cl2N5S/c1-3-13-8-6(11)4-7(12)9(15-8)18-10-14-5(2)16-17-10/h4H,3H2,1-2H3,(H,13,15)(H,14,16,17). The van der Waals surface area contributed by atoms with Crippen LogP contribution in [0.1, 0.15) is 12.7 Å². The van der Waals surface area contributed by atoms with Gasteiger partial charge in [-0.3, -0.25) is 5.10 Å². The Bertz CT molecular complexity index is 557. The number of halogens is 2. The van der Waals surface area contributed by atoms with E-state index < -0.39 is 0 Å². The number of anilines is 1. The van der Waals surface area contributed by atoms with Crippen molar-refractivity contribution in [3.63, 3.8) is 0 Å². The Hall–Kier alpha value is -0.980. The van der Waals surface area contributed by atoms with Crippen LogP contribution in [0.2, 0.25) is 10.0 Å². The largest absolute Gasteiger partial charge is 0.369 e. The topological polar surface area (TPSA) is 66.5 Å². The molecule has 8 heteroatoms. The summed E-state index contributed by atoms with van der Waals surface area (Å²) < 4.78 is 0. The number of nitrogens with zero attached hydrogens (tertiary/aromatic N) is 3. The molecule has 0 fully saturated rings. The van der Waals surface area contributed by atoms with Crippen LogP contribution in [-0.4, -0.2) is 26.7 Å². The molecule has 0 unspecified atom stereocenters. The van der Waals surface area contributed by atoms with E-state index in [0.717, 1.165) is 12.4 Å². The molecule has 0 spiro atoms. The highest BCUT2D eigenvalue weighted by Gasteiger charge is 2.12. The van der Waals surface area contributed by atoms with E-state index in [9.17, 15) is 0 Å². The van der Waals surface area contributed by atoms with Gasteiger partial charge in [-0.05, 0) is 31.7 Å². The van der Waals surface area contributed by atoms with E-state index in [1.54, 1.807) is 6.07 Å². The minimum Gasteiger partial charge on any atom is -0.369 e. The molecule has 0 bridgehead atoms. The maximum absolute atomic E-state index is 6.10. The predicted octanol–water partition coefficient (Wildman–Crippen LogP) is 3.40. The molecule has 0 saturated heterocycles. The molecule has 18 heavy (non-hydrogen) atoms. The monoisotopic (exact) mass is 303 g/mol. The van der Waals surface area contributed by atoms with Crippen molar-refractivity contribution >= 4 is 40.8 Å². The second-order valence-electron chi connectivity index (χ2n) is 3.44. The number of H-pyrrole nitrogens is 1. The van der Waals surface area contributed by atoms with Crippen molar-refractivity contribution in [2.45, 2.75) is 24.0 Å². The van der Waals surface area contributed by atoms with Crippen LogP contribution in [0.5, 0.6) is 0 Å². The summed E-state index contributed by atoms with van der Waals surface area (Å²) >= 11 is 13.4. The van der Waals surface area contributed by atoms with Gasteiger partial charge in [0.25, 0.3) is 0 Å². The molecular weight excluding hydrogens is 293 g/mol. The first-order valence-corrected chi connectivity index (χ1v) is 6.84. The fraction of sp³-hybridized carbons (Fsp3) is 0.300. The van der Waals surface area contributed by atoms with Crippen molar-refractivity contribution in [1.82, 2.24) is 20.2 Å². The number of hydrogen-bond acceptors (Lipinski definition) is 5. The lowest BCUT2D eigenvalue weighted by atomic mass is 10.4. The number of aryl methyl sites for hydroxylation is 1. The van der Waals surface area contributed by atoms with Crippen LogP contribution in [0.25, 0.3) is 0 Å². The summed E-state index contributed by atoms with van der Waals surface area (Å²) in [6.07, 6.45) is 0. The highest BCUT2D eigenvalue weighted by molar-refractivity contribution is 7.99. The van der Waals surface area contributed by atoms with Crippen LogP contribution < -0.4 is 5.32 Å². The maximum Gasteiger partial charge on any atom is 0.214 e. The zero-order chi connectivity index (χ0) is 13.1. The smallest absolute Gasteiger partial charge is 0.214 e. The van der Waals surface area contributed by atoms with Gasteiger partial charge < -0.3 is 5.32 Å². The number of nitrogens with one attached hydrogen (secondary N) is 2. The zero-order valence-electron chi connectivity index (χ0n) is 9.79. The van der Waals surface area contributed by atoms with Crippen molar-refractivity contribution < 1.29 is 0 Å². The number of hydrogen-bond donors (Lipinski definition) is 2. The number of aromatic nitrogens is 4. The zero-order valence-corrected chi connectivity index (χ0v) is 12.1. The normalized spacial score (nSPS) is 10.7. The summed E-state index contributed by atoms with van der Waals surface area (Å²) in [6.45, 7) is 4.54. The SMILES string of the molecule is CCNc1nc(Sc2n[nH]c(C)n2)c(Cl)cc1Cl. The average Bonchev–Trinajstić information content (AvgIpc) is 2.71. The molecule has 96 valence electrons. The molecular formula is C10H11Cl2N5S. The lowest BCUT2D eigenvalue weighted by Crippen LogP contribution is -2.01. The van der Waals surface area contributed by atoms with Crippen LogP contribution in [0.3, 0.4) is 0 Å². The van der Waals surface area contributed by atoms with Gasteiger partial charge in [-0.1, -0.05) is 23.2 Å². The van der Waals surface area contributed by atoms with E-state index in [4.69, 9.17) is 23.2 Å². The van der Waals surface area contributed by atoms with E-state index in [2.05, 4.69) is 25.5 Å². The molecule has 2 aromatic heterocycles. The third kappa shape index (κ3) is 3.07. The Kier molecular flexibility index (Phi) is 4.31. The Morgan fingerprint density at radius 3 is 2.72 bits per heavy atom. The van der Waals surface area contributed by atoms with Crippen LogP contribution in [-0.2, 0) is 0 Å². The summed E-state index contributed by atoms with van der Waals surface area (Å²) in [6, 6.07) is 1.66. The molecule has 2 aromatic rings. The van der Waals surface area contributed by atoms with Gasteiger partial charge in [-0.2, -0.15) is 0 Å². The van der Waals surface area contributed by atoms with Gasteiger partial charge in [-0.15, -0.1) is 5.10 Å². The minimum absolute atomic E-state index is 0.481. The minimum atomic E-state index is 0.481. The lowest BCUT2D eigenvalue weighted by molar-refractivity contribution is 0.964. The highest BCUT2D eigenvalue weighted by atomic mass is 35.5. The van der Waals surface area contributed by atoms with Crippen LogP contribution in [0.4, 0.5) is 5.82 Å². The third-order valence-corrected chi connectivity index (χ3v) is 3.56. The number of rotatable bonds is 4. The van der Waals surface area contributed by atoms with E-state index in [1.165, 1.54) is 11.8 Å². The Labute approximate surface area is 119 Å².